The first kappa shape index (κ1) is 26.0. The van der Waals surface area contributed by atoms with Crippen LogP contribution in [-0.4, -0.2) is 61.6 Å². The molecule has 2 amide bonds. The monoisotopic (exact) mass is 533 g/mol. The highest BCUT2D eigenvalue weighted by Gasteiger charge is 2.44. The highest BCUT2D eigenvalue weighted by molar-refractivity contribution is 7.17. The summed E-state index contributed by atoms with van der Waals surface area (Å²) in [6.07, 6.45) is 3.60. The van der Waals surface area contributed by atoms with Crippen LogP contribution < -0.4 is 10.6 Å². The minimum atomic E-state index is -2.82. The zero-order chi connectivity index (χ0) is 26.5. The van der Waals surface area contributed by atoms with Crippen LogP contribution in [0.25, 0.3) is 10.4 Å². The predicted octanol–water partition coefficient (Wildman–Crippen LogP) is 4.76. The average molecular weight is 534 g/mol. The van der Waals surface area contributed by atoms with Gasteiger partial charge in [-0.3, -0.25) is 9.59 Å². The molecule has 4 heterocycles. The number of anilines is 1. The molecule has 3 N–H and O–H groups in total. The highest BCUT2D eigenvalue weighted by Crippen LogP contribution is 2.42. The maximum Gasteiger partial charge on any atom is 0.280 e. The van der Waals surface area contributed by atoms with Crippen LogP contribution in [0.4, 0.5) is 14.6 Å². The predicted molar refractivity (Wildman–Crippen MR) is 137 cm³/mol. The first-order chi connectivity index (χ1) is 17.5. The normalized spacial score (nSPS) is 25.2. The number of amides is 2. The molecule has 37 heavy (non-hydrogen) atoms. The Kier molecular flexibility index (Phi) is 6.95. The van der Waals surface area contributed by atoms with Gasteiger partial charge in [-0.15, -0.1) is 11.3 Å². The van der Waals surface area contributed by atoms with Gasteiger partial charge < -0.3 is 20.6 Å². The Morgan fingerprint density at radius 2 is 1.81 bits per heavy atom. The zero-order valence-electron chi connectivity index (χ0n) is 21.3. The second-order valence-corrected chi connectivity index (χ2v) is 12.3. The van der Waals surface area contributed by atoms with Gasteiger partial charge in [0.1, 0.15) is 11.5 Å². The lowest BCUT2D eigenvalue weighted by Gasteiger charge is -2.23. The molecule has 0 radical (unpaired) electrons. The lowest BCUT2D eigenvalue weighted by Crippen LogP contribution is -2.40. The molecule has 3 fully saturated rings. The molecule has 5 rings (SSSR count). The molecule has 8 nitrogen and oxygen atoms in total. The maximum atomic E-state index is 14.3. The van der Waals surface area contributed by atoms with Gasteiger partial charge in [0.15, 0.2) is 5.01 Å². The van der Waals surface area contributed by atoms with Gasteiger partial charge in [0.05, 0.1) is 17.0 Å². The van der Waals surface area contributed by atoms with E-state index in [4.69, 9.17) is 0 Å². The van der Waals surface area contributed by atoms with E-state index in [0.717, 1.165) is 43.4 Å². The van der Waals surface area contributed by atoms with E-state index < -0.39 is 24.5 Å². The second kappa shape index (κ2) is 9.90. The van der Waals surface area contributed by atoms with Gasteiger partial charge in [-0.25, -0.2) is 18.7 Å². The van der Waals surface area contributed by atoms with Crippen molar-refractivity contribution in [1.29, 1.82) is 0 Å². The summed E-state index contributed by atoms with van der Waals surface area (Å²) in [6, 6.07) is 1.13. The van der Waals surface area contributed by atoms with E-state index in [-0.39, 0.29) is 50.2 Å². The van der Waals surface area contributed by atoms with E-state index in [2.05, 4.69) is 20.6 Å². The van der Waals surface area contributed by atoms with E-state index in [1.165, 1.54) is 12.3 Å². The number of aromatic nitrogens is 2. The van der Waals surface area contributed by atoms with E-state index in [9.17, 15) is 23.5 Å². The molecule has 2 atom stereocenters. The standard InChI is InChI=1S/C26H33F2N5O3S/c1-26(2,3)32-19-11-15(22(27)28)16(12-29-19)21-20(25(36)33-13-7-8-14(33)10-9-13)31-24(37-21)23(35)30-17-5-4-6-18(17)34/h11-14,17-18,22,34H,4-10H2,1-3H3,(H,29,32)(H,30,35)/t13-,14+,17-,18-/m1/s1. The first-order valence-corrected chi connectivity index (χ1v) is 13.7. The van der Waals surface area contributed by atoms with Crippen molar-refractivity contribution in [3.8, 4) is 10.4 Å². The van der Waals surface area contributed by atoms with E-state index in [1.807, 2.05) is 25.7 Å². The Hall–Kier alpha value is -2.66. The van der Waals surface area contributed by atoms with Crippen molar-refractivity contribution < 1.29 is 23.5 Å². The van der Waals surface area contributed by atoms with Gasteiger partial charge >= 0.3 is 0 Å². The fourth-order valence-corrected chi connectivity index (χ4v) is 6.74. The summed E-state index contributed by atoms with van der Waals surface area (Å²) in [4.78, 5) is 37.6. The summed E-state index contributed by atoms with van der Waals surface area (Å²) in [6.45, 7) is 5.71. The fourth-order valence-electron chi connectivity index (χ4n) is 5.74. The van der Waals surface area contributed by atoms with Crippen LogP contribution in [-0.2, 0) is 0 Å². The second-order valence-electron chi connectivity index (χ2n) is 11.3. The molecule has 2 aromatic heterocycles. The minimum Gasteiger partial charge on any atom is -0.391 e. The topological polar surface area (TPSA) is 107 Å². The number of alkyl halides is 2. The zero-order valence-corrected chi connectivity index (χ0v) is 22.1. The number of fused-ring (bicyclic) bond motifs is 2. The van der Waals surface area contributed by atoms with Crippen molar-refractivity contribution in [3.05, 3.63) is 28.5 Å². The Morgan fingerprint density at radius 1 is 1.14 bits per heavy atom. The van der Waals surface area contributed by atoms with Crippen molar-refractivity contribution in [2.45, 2.75) is 102 Å². The first-order valence-electron chi connectivity index (χ1n) is 12.9. The number of carbonyl (C=O) groups is 2. The third kappa shape index (κ3) is 5.20. The van der Waals surface area contributed by atoms with Crippen molar-refractivity contribution in [2.75, 3.05) is 5.32 Å². The lowest BCUT2D eigenvalue weighted by atomic mass is 10.0. The van der Waals surface area contributed by atoms with Crippen LogP contribution in [0.15, 0.2) is 12.3 Å². The van der Waals surface area contributed by atoms with Gasteiger partial charge in [-0.1, -0.05) is 0 Å². The Morgan fingerprint density at radius 3 is 2.38 bits per heavy atom. The third-order valence-corrected chi connectivity index (χ3v) is 8.51. The number of aliphatic hydroxyl groups is 1. The van der Waals surface area contributed by atoms with Gasteiger partial charge in [-0.2, -0.15) is 0 Å². The molecule has 1 aliphatic carbocycles. The van der Waals surface area contributed by atoms with Gasteiger partial charge in [-0.05, 0) is 71.8 Å². The molecule has 3 aliphatic rings. The van der Waals surface area contributed by atoms with E-state index >= 15 is 0 Å². The molecule has 0 unspecified atom stereocenters. The maximum absolute atomic E-state index is 14.3. The molecule has 200 valence electrons. The molecular weight excluding hydrogens is 500 g/mol. The molecular formula is C26H33F2N5O3S. The van der Waals surface area contributed by atoms with E-state index in [1.54, 1.807) is 0 Å². The molecule has 2 bridgehead atoms. The number of hydrogen-bond acceptors (Lipinski definition) is 7. The summed E-state index contributed by atoms with van der Waals surface area (Å²) in [5, 5.41) is 16.1. The Bertz CT molecular complexity index is 1180. The third-order valence-electron chi connectivity index (χ3n) is 7.43. The number of rotatable bonds is 6. The fraction of sp³-hybridized carbons (Fsp3) is 0.615. The number of nitrogens with one attached hydrogen (secondary N) is 2. The average Bonchev–Trinajstić information content (AvgIpc) is 3.62. The van der Waals surface area contributed by atoms with Gasteiger partial charge in [0, 0.05) is 34.9 Å². The van der Waals surface area contributed by atoms with Crippen molar-refractivity contribution in [1.82, 2.24) is 20.2 Å². The van der Waals surface area contributed by atoms with Gasteiger partial charge in [0.25, 0.3) is 18.2 Å². The Labute approximate surface area is 218 Å². The molecule has 2 aliphatic heterocycles. The Balaban J connectivity index is 1.55. The van der Waals surface area contributed by atoms with Crippen LogP contribution in [0.5, 0.6) is 0 Å². The van der Waals surface area contributed by atoms with Crippen LogP contribution in [0.3, 0.4) is 0 Å². The van der Waals surface area contributed by atoms with Crippen molar-refractivity contribution in [2.24, 2.45) is 0 Å². The SMILES string of the molecule is CC(C)(C)Nc1cc(C(F)F)c(-c2sc(C(=O)N[C@@H]3CCC[C@H]3O)nc2C(=O)N2[C@H]3CC[C@@H]2CC3)cn1. The van der Waals surface area contributed by atoms with Crippen molar-refractivity contribution >= 4 is 29.0 Å². The molecule has 2 aromatic rings. The van der Waals surface area contributed by atoms with E-state index in [0.29, 0.717) is 18.7 Å². The summed E-state index contributed by atoms with van der Waals surface area (Å²) in [7, 11) is 0. The number of thiazole rings is 1. The number of aliphatic hydroxyl groups excluding tert-OH is 1. The molecule has 2 saturated heterocycles. The number of halogens is 2. The number of carbonyl (C=O) groups excluding carboxylic acids is 2. The highest BCUT2D eigenvalue weighted by atomic mass is 32.1. The summed E-state index contributed by atoms with van der Waals surface area (Å²) in [5.74, 6) is -0.541. The summed E-state index contributed by atoms with van der Waals surface area (Å²) >= 11 is 0.920. The van der Waals surface area contributed by atoms with Crippen molar-refractivity contribution in [3.63, 3.8) is 0 Å². The smallest absolute Gasteiger partial charge is 0.280 e. The van der Waals surface area contributed by atoms with Crippen LogP contribution in [0.1, 0.15) is 98.0 Å². The molecule has 11 heteroatoms. The van der Waals surface area contributed by atoms with Crippen LogP contribution in [0.2, 0.25) is 0 Å². The quantitative estimate of drug-likeness (QED) is 0.494. The molecule has 0 spiro atoms. The largest absolute Gasteiger partial charge is 0.391 e. The molecule has 1 saturated carbocycles. The number of pyridine rings is 1. The summed E-state index contributed by atoms with van der Waals surface area (Å²) < 4.78 is 28.6. The minimum absolute atomic E-state index is 0.0149. The lowest BCUT2D eigenvalue weighted by molar-refractivity contribution is 0.0725. The van der Waals surface area contributed by atoms with Crippen LogP contribution >= 0.6 is 11.3 Å². The number of nitrogens with zero attached hydrogens (tertiary/aromatic N) is 3. The number of hydrogen-bond donors (Lipinski definition) is 3. The van der Waals surface area contributed by atoms with Gasteiger partial charge in [0.2, 0.25) is 0 Å². The molecule has 0 aromatic carbocycles. The van der Waals surface area contributed by atoms with Crippen LogP contribution in [0, 0.1) is 0 Å². The summed E-state index contributed by atoms with van der Waals surface area (Å²) in [5.41, 5.74) is -0.546.